The maximum atomic E-state index is 6.28. The van der Waals surface area contributed by atoms with E-state index in [4.69, 9.17) is 17.3 Å². The summed E-state index contributed by atoms with van der Waals surface area (Å²) in [4.78, 5) is 0. The SMILES string of the molecule is CCc1cc(C(N)Cc2ccc(C)cc2Cl)n(C)n1. The highest BCUT2D eigenvalue weighted by Gasteiger charge is 2.14. The second-order valence-electron chi connectivity index (χ2n) is 4.94. The van der Waals surface area contributed by atoms with Crippen molar-refractivity contribution < 1.29 is 0 Å². The Labute approximate surface area is 119 Å². The smallest absolute Gasteiger partial charge is 0.0625 e. The third-order valence-electron chi connectivity index (χ3n) is 3.36. The maximum Gasteiger partial charge on any atom is 0.0625 e. The van der Waals surface area contributed by atoms with Crippen molar-refractivity contribution in [1.82, 2.24) is 9.78 Å². The summed E-state index contributed by atoms with van der Waals surface area (Å²) in [7, 11) is 1.94. The van der Waals surface area contributed by atoms with Gasteiger partial charge in [0, 0.05) is 12.1 Å². The van der Waals surface area contributed by atoms with E-state index in [1.165, 1.54) is 0 Å². The van der Waals surface area contributed by atoms with Crippen molar-refractivity contribution >= 4 is 11.6 Å². The van der Waals surface area contributed by atoms with Crippen LogP contribution < -0.4 is 5.73 Å². The van der Waals surface area contributed by atoms with E-state index in [0.717, 1.165) is 40.4 Å². The fourth-order valence-corrected chi connectivity index (χ4v) is 2.53. The number of hydrogen-bond acceptors (Lipinski definition) is 2. The summed E-state index contributed by atoms with van der Waals surface area (Å²) in [5, 5.41) is 5.22. The normalized spacial score (nSPS) is 12.7. The molecule has 0 saturated heterocycles. The Kier molecular flexibility index (Phi) is 4.27. The van der Waals surface area contributed by atoms with Crippen molar-refractivity contribution in [1.29, 1.82) is 0 Å². The minimum Gasteiger partial charge on any atom is -0.322 e. The highest BCUT2D eigenvalue weighted by Crippen LogP contribution is 2.23. The molecule has 0 spiro atoms. The molecule has 2 rings (SSSR count). The summed E-state index contributed by atoms with van der Waals surface area (Å²) in [5.41, 5.74) is 10.7. The van der Waals surface area contributed by atoms with Crippen LogP contribution in [0.3, 0.4) is 0 Å². The molecule has 2 aromatic rings. The number of hydrogen-bond donors (Lipinski definition) is 1. The minimum atomic E-state index is -0.0852. The van der Waals surface area contributed by atoms with Crippen LogP contribution >= 0.6 is 11.6 Å². The van der Waals surface area contributed by atoms with Crippen molar-refractivity contribution in [2.24, 2.45) is 12.8 Å². The first-order valence-electron chi connectivity index (χ1n) is 6.54. The Morgan fingerprint density at radius 2 is 2.11 bits per heavy atom. The lowest BCUT2D eigenvalue weighted by molar-refractivity contribution is 0.614. The van der Waals surface area contributed by atoms with Crippen molar-refractivity contribution in [3.8, 4) is 0 Å². The van der Waals surface area contributed by atoms with Gasteiger partial charge in [-0.1, -0.05) is 30.7 Å². The molecular formula is C15H20ClN3. The Balaban J connectivity index is 2.20. The van der Waals surface area contributed by atoms with Gasteiger partial charge in [-0.05, 0) is 43.0 Å². The Bertz CT molecular complexity index is 575. The van der Waals surface area contributed by atoms with Crippen LogP contribution in [0.25, 0.3) is 0 Å². The average molecular weight is 278 g/mol. The number of nitrogens with zero attached hydrogens (tertiary/aromatic N) is 2. The van der Waals surface area contributed by atoms with Crippen LogP contribution in [0.5, 0.6) is 0 Å². The van der Waals surface area contributed by atoms with E-state index in [1.807, 2.05) is 24.7 Å². The van der Waals surface area contributed by atoms with Gasteiger partial charge in [-0.3, -0.25) is 4.68 Å². The lowest BCUT2D eigenvalue weighted by atomic mass is 10.0. The first-order valence-corrected chi connectivity index (χ1v) is 6.92. The van der Waals surface area contributed by atoms with E-state index in [9.17, 15) is 0 Å². The number of benzene rings is 1. The first kappa shape index (κ1) is 14.1. The van der Waals surface area contributed by atoms with Gasteiger partial charge in [-0.2, -0.15) is 5.10 Å². The molecule has 0 aliphatic carbocycles. The van der Waals surface area contributed by atoms with Crippen LogP contribution in [-0.4, -0.2) is 9.78 Å². The largest absolute Gasteiger partial charge is 0.322 e. The molecular weight excluding hydrogens is 258 g/mol. The summed E-state index contributed by atoms with van der Waals surface area (Å²) < 4.78 is 1.87. The molecule has 0 radical (unpaired) electrons. The molecule has 102 valence electrons. The second-order valence-corrected chi connectivity index (χ2v) is 5.35. The minimum absolute atomic E-state index is 0.0852. The maximum absolute atomic E-state index is 6.28. The van der Waals surface area contributed by atoms with E-state index in [0.29, 0.717) is 0 Å². The van der Waals surface area contributed by atoms with E-state index in [2.05, 4.69) is 30.2 Å². The molecule has 1 atom stereocenters. The quantitative estimate of drug-likeness (QED) is 0.933. The van der Waals surface area contributed by atoms with Gasteiger partial charge in [0.1, 0.15) is 0 Å². The highest BCUT2D eigenvalue weighted by molar-refractivity contribution is 6.31. The van der Waals surface area contributed by atoms with Gasteiger partial charge < -0.3 is 5.73 Å². The molecule has 4 heteroatoms. The second kappa shape index (κ2) is 5.76. The summed E-state index contributed by atoms with van der Waals surface area (Å²) in [6.07, 6.45) is 1.65. The predicted molar refractivity (Wildman–Crippen MR) is 79.4 cm³/mol. The zero-order valence-electron chi connectivity index (χ0n) is 11.7. The molecule has 2 N–H and O–H groups in total. The molecule has 1 aromatic carbocycles. The predicted octanol–water partition coefficient (Wildman–Crippen LogP) is 3.19. The number of rotatable bonds is 4. The Morgan fingerprint density at radius 3 is 2.68 bits per heavy atom. The van der Waals surface area contributed by atoms with E-state index in [1.54, 1.807) is 0 Å². The van der Waals surface area contributed by atoms with Gasteiger partial charge in [0.2, 0.25) is 0 Å². The van der Waals surface area contributed by atoms with Gasteiger partial charge in [0.05, 0.1) is 17.4 Å². The van der Waals surface area contributed by atoms with Crippen LogP contribution in [0.4, 0.5) is 0 Å². The third kappa shape index (κ3) is 3.17. The molecule has 0 aliphatic rings. The molecule has 0 fully saturated rings. The van der Waals surface area contributed by atoms with Crippen molar-refractivity contribution in [2.45, 2.75) is 32.7 Å². The average Bonchev–Trinajstić information content (AvgIpc) is 2.74. The van der Waals surface area contributed by atoms with Crippen LogP contribution in [0.1, 0.15) is 35.5 Å². The summed E-state index contributed by atoms with van der Waals surface area (Å²) in [6.45, 7) is 4.12. The molecule has 1 aromatic heterocycles. The fraction of sp³-hybridized carbons (Fsp3) is 0.400. The Morgan fingerprint density at radius 1 is 1.37 bits per heavy atom. The zero-order chi connectivity index (χ0) is 14.0. The van der Waals surface area contributed by atoms with Crippen LogP contribution in [-0.2, 0) is 19.9 Å². The lowest BCUT2D eigenvalue weighted by Gasteiger charge is -2.13. The van der Waals surface area contributed by atoms with Crippen LogP contribution in [0.2, 0.25) is 5.02 Å². The Hall–Kier alpha value is -1.32. The lowest BCUT2D eigenvalue weighted by Crippen LogP contribution is -2.17. The molecule has 3 nitrogen and oxygen atoms in total. The molecule has 1 unspecified atom stereocenters. The molecule has 19 heavy (non-hydrogen) atoms. The number of halogens is 1. The number of nitrogens with two attached hydrogens (primary N) is 1. The van der Waals surface area contributed by atoms with Gasteiger partial charge in [-0.25, -0.2) is 0 Å². The molecule has 0 amide bonds. The topological polar surface area (TPSA) is 43.8 Å². The van der Waals surface area contributed by atoms with E-state index >= 15 is 0 Å². The third-order valence-corrected chi connectivity index (χ3v) is 3.71. The highest BCUT2D eigenvalue weighted by atomic mass is 35.5. The van der Waals surface area contributed by atoms with Crippen molar-refractivity contribution in [3.05, 3.63) is 51.8 Å². The van der Waals surface area contributed by atoms with Crippen LogP contribution in [0.15, 0.2) is 24.3 Å². The number of aryl methyl sites for hydroxylation is 3. The van der Waals surface area contributed by atoms with E-state index < -0.39 is 0 Å². The fourth-order valence-electron chi connectivity index (χ4n) is 2.22. The van der Waals surface area contributed by atoms with Gasteiger partial charge in [-0.15, -0.1) is 0 Å². The van der Waals surface area contributed by atoms with Crippen LogP contribution in [0, 0.1) is 6.92 Å². The van der Waals surface area contributed by atoms with Gasteiger partial charge in [0.25, 0.3) is 0 Å². The zero-order valence-corrected chi connectivity index (χ0v) is 12.4. The van der Waals surface area contributed by atoms with Crippen molar-refractivity contribution in [2.75, 3.05) is 0 Å². The molecule has 0 bridgehead atoms. The first-order chi connectivity index (χ1) is 9.01. The van der Waals surface area contributed by atoms with Gasteiger partial charge in [0.15, 0.2) is 0 Å². The molecule has 1 heterocycles. The number of aromatic nitrogens is 2. The summed E-state index contributed by atoms with van der Waals surface area (Å²) in [6, 6.07) is 8.08. The monoisotopic (exact) mass is 277 g/mol. The van der Waals surface area contributed by atoms with Crippen molar-refractivity contribution in [3.63, 3.8) is 0 Å². The van der Waals surface area contributed by atoms with E-state index in [-0.39, 0.29) is 6.04 Å². The van der Waals surface area contributed by atoms with Gasteiger partial charge >= 0.3 is 0 Å². The standard InChI is InChI=1S/C15H20ClN3/c1-4-12-9-15(19(3)18-12)14(17)8-11-6-5-10(2)7-13(11)16/h5-7,9,14H,4,8,17H2,1-3H3. The summed E-state index contributed by atoms with van der Waals surface area (Å²) in [5.74, 6) is 0. The summed E-state index contributed by atoms with van der Waals surface area (Å²) >= 11 is 6.26. The molecule has 0 aliphatic heterocycles. The molecule has 0 saturated carbocycles.